The molecule has 9 heteroatoms. The van der Waals surface area contributed by atoms with E-state index in [-0.39, 0.29) is 6.29 Å². The molecule has 0 radical (unpaired) electrons. The summed E-state index contributed by atoms with van der Waals surface area (Å²) >= 11 is 11.0. The van der Waals surface area contributed by atoms with E-state index in [0.29, 0.717) is 0 Å². The van der Waals surface area contributed by atoms with Crippen LogP contribution >= 0.6 is 47.8 Å². The van der Waals surface area contributed by atoms with Crippen LogP contribution in [0.5, 0.6) is 0 Å². The Morgan fingerprint density at radius 1 is 1.00 bits per heavy atom. The van der Waals surface area contributed by atoms with Gasteiger partial charge in [-0.25, -0.2) is 4.68 Å². The molecule has 4 rings (SSSR count). The summed E-state index contributed by atoms with van der Waals surface area (Å²) in [4.78, 5) is 2.07. The number of aromatic nitrogens is 3. The lowest BCUT2D eigenvalue weighted by Gasteiger charge is -2.20. The maximum atomic E-state index is 4.36. The molecule has 124 valence electrons. The van der Waals surface area contributed by atoms with Gasteiger partial charge in [0.1, 0.15) is 11.2 Å². The fourth-order valence-corrected chi connectivity index (χ4v) is 4.45. The summed E-state index contributed by atoms with van der Waals surface area (Å²) in [5.41, 5.74) is 4.66. The van der Waals surface area contributed by atoms with Crippen molar-refractivity contribution in [3.05, 3.63) is 37.7 Å². The molecule has 0 saturated carbocycles. The summed E-state index contributed by atoms with van der Waals surface area (Å²) in [7, 11) is 4.03. The normalized spacial score (nSPS) is 16.3. The first-order chi connectivity index (χ1) is 11.5. The second-order valence-corrected chi connectivity index (χ2v) is 8.06. The highest BCUT2D eigenvalue weighted by Gasteiger charge is 2.31. The van der Waals surface area contributed by atoms with Crippen LogP contribution in [-0.2, 0) is 0 Å². The lowest BCUT2D eigenvalue weighted by atomic mass is 10.2. The van der Waals surface area contributed by atoms with Crippen molar-refractivity contribution in [1.29, 1.82) is 0 Å². The van der Waals surface area contributed by atoms with Gasteiger partial charge in [0.25, 0.3) is 0 Å². The SMILES string of the molecule is CN(C)C1Nc2c(Br)c(Br)c(Br)c(-n3nnc4ccccc43)c2N1. The van der Waals surface area contributed by atoms with E-state index < -0.39 is 0 Å². The average molecular weight is 517 g/mol. The van der Waals surface area contributed by atoms with Crippen LogP contribution in [0.4, 0.5) is 11.4 Å². The molecule has 0 saturated heterocycles. The number of para-hydroxylation sites is 1. The largest absolute Gasteiger partial charge is 0.350 e. The van der Waals surface area contributed by atoms with E-state index in [9.17, 15) is 0 Å². The summed E-state index contributed by atoms with van der Waals surface area (Å²) in [6.07, 6.45) is -0.00830. The number of rotatable bonds is 2. The summed E-state index contributed by atoms with van der Waals surface area (Å²) in [6, 6.07) is 7.91. The van der Waals surface area contributed by atoms with Gasteiger partial charge in [0.05, 0.1) is 30.3 Å². The van der Waals surface area contributed by atoms with Gasteiger partial charge in [-0.15, -0.1) is 5.10 Å². The standard InChI is InChI=1S/C15H13Br3N6/c1-23(2)15-19-12-10(17)9(16)11(18)14(13(12)20-15)24-8-6-4-3-5-7(8)21-22-24/h3-6,15,19-20H,1-2H3. The Morgan fingerprint density at radius 3 is 2.46 bits per heavy atom. The Labute approximate surface area is 164 Å². The van der Waals surface area contributed by atoms with E-state index in [1.807, 2.05) is 43.0 Å². The topological polar surface area (TPSA) is 58.0 Å². The second kappa shape index (κ2) is 5.98. The minimum atomic E-state index is -0.00830. The molecule has 2 aromatic carbocycles. The van der Waals surface area contributed by atoms with Crippen LogP contribution in [0.1, 0.15) is 0 Å². The van der Waals surface area contributed by atoms with Gasteiger partial charge in [-0.1, -0.05) is 17.3 Å². The number of hydrogen-bond donors (Lipinski definition) is 2. The molecular formula is C15H13Br3N6. The molecule has 6 nitrogen and oxygen atoms in total. The number of nitrogens with zero attached hydrogens (tertiary/aromatic N) is 4. The summed E-state index contributed by atoms with van der Waals surface area (Å²) in [6.45, 7) is 0. The van der Waals surface area contributed by atoms with E-state index in [0.717, 1.165) is 41.5 Å². The molecule has 0 aliphatic carbocycles. The zero-order valence-corrected chi connectivity index (χ0v) is 17.6. The summed E-state index contributed by atoms with van der Waals surface area (Å²) < 4.78 is 4.62. The molecule has 2 heterocycles. The van der Waals surface area contributed by atoms with Crippen molar-refractivity contribution in [1.82, 2.24) is 19.9 Å². The number of benzene rings is 2. The number of anilines is 2. The molecule has 2 N–H and O–H groups in total. The zero-order chi connectivity index (χ0) is 17.0. The highest BCUT2D eigenvalue weighted by atomic mass is 79.9. The number of nitrogens with one attached hydrogen (secondary N) is 2. The van der Waals surface area contributed by atoms with Crippen LogP contribution in [0.15, 0.2) is 37.7 Å². The van der Waals surface area contributed by atoms with Crippen LogP contribution < -0.4 is 10.6 Å². The summed E-state index contributed by atoms with van der Waals surface area (Å²) in [5, 5.41) is 15.6. The van der Waals surface area contributed by atoms with Crippen molar-refractivity contribution in [2.75, 3.05) is 24.7 Å². The number of halogens is 3. The fraction of sp³-hybridized carbons (Fsp3) is 0.200. The van der Waals surface area contributed by atoms with E-state index in [1.54, 1.807) is 0 Å². The van der Waals surface area contributed by atoms with Crippen molar-refractivity contribution in [2.24, 2.45) is 0 Å². The summed E-state index contributed by atoms with van der Waals surface area (Å²) in [5.74, 6) is 0. The Bertz CT molecular complexity index is 952. The van der Waals surface area contributed by atoms with Gasteiger partial charge in [0.15, 0.2) is 6.29 Å². The van der Waals surface area contributed by atoms with Crippen LogP contribution in [-0.4, -0.2) is 40.3 Å². The fourth-order valence-electron chi connectivity index (χ4n) is 2.72. The molecule has 1 aliphatic heterocycles. The molecule has 0 bridgehead atoms. The molecule has 1 aliphatic rings. The minimum Gasteiger partial charge on any atom is -0.350 e. The van der Waals surface area contributed by atoms with Crippen molar-refractivity contribution in [3.63, 3.8) is 0 Å². The first-order valence-corrected chi connectivity index (χ1v) is 9.57. The third kappa shape index (κ3) is 2.37. The molecule has 1 unspecified atom stereocenters. The van der Waals surface area contributed by atoms with Gasteiger partial charge in [0.2, 0.25) is 0 Å². The Balaban J connectivity index is 2.01. The van der Waals surface area contributed by atoms with E-state index in [1.165, 1.54) is 0 Å². The van der Waals surface area contributed by atoms with Crippen molar-refractivity contribution < 1.29 is 0 Å². The monoisotopic (exact) mass is 514 g/mol. The van der Waals surface area contributed by atoms with E-state index in [2.05, 4.69) is 73.6 Å². The maximum absolute atomic E-state index is 4.36. The van der Waals surface area contributed by atoms with E-state index in [4.69, 9.17) is 0 Å². The molecule has 1 atom stereocenters. The predicted molar refractivity (Wildman–Crippen MR) is 107 cm³/mol. The molecule has 3 aromatic rings. The second-order valence-electron chi connectivity index (χ2n) is 5.69. The maximum Gasteiger partial charge on any atom is 0.155 e. The lowest BCUT2D eigenvalue weighted by Crippen LogP contribution is -2.37. The minimum absolute atomic E-state index is 0.00830. The van der Waals surface area contributed by atoms with Crippen LogP contribution in [0, 0.1) is 0 Å². The Morgan fingerprint density at radius 2 is 1.71 bits per heavy atom. The molecule has 24 heavy (non-hydrogen) atoms. The first-order valence-electron chi connectivity index (χ1n) is 7.20. The van der Waals surface area contributed by atoms with Crippen LogP contribution in [0.3, 0.4) is 0 Å². The molecule has 0 fully saturated rings. The van der Waals surface area contributed by atoms with Crippen LogP contribution in [0.2, 0.25) is 0 Å². The average Bonchev–Trinajstić information content (AvgIpc) is 3.18. The molecule has 0 amide bonds. The Hall–Kier alpha value is -1.16. The van der Waals surface area contributed by atoms with Gasteiger partial charge >= 0.3 is 0 Å². The number of fused-ring (bicyclic) bond motifs is 2. The van der Waals surface area contributed by atoms with Gasteiger partial charge in [-0.3, -0.25) is 4.90 Å². The first kappa shape index (κ1) is 16.3. The lowest BCUT2D eigenvalue weighted by molar-refractivity contribution is 0.358. The zero-order valence-electron chi connectivity index (χ0n) is 12.8. The van der Waals surface area contributed by atoms with Crippen molar-refractivity contribution in [2.45, 2.75) is 6.29 Å². The van der Waals surface area contributed by atoms with Gasteiger partial charge in [0, 0.05) is 0 Å². The van der Waals surface area contributed by atoms with Gasteiger partial charge in [-0.2, -0.15) is 0 Å². The predicted octanol–water partition coefficient (Wildman–Crippen LogP) is 4.39. The smallest absolute Gasteiger partial charge is 0.155 e. The number of hydrogen-bond acceptors (Lipinski definition) is 5. The molecule has 1 aromatic heterocycles. The van der Waals surface area contributed by atoms with Gasteiger partial charge < -0.3 is 10.6 Å². The Kier molecular flexibility index (Phi) is 4.06. The highest BCUT2D eigenvalue weighted by molar-refractivity contribution is 9.14. The molecule has 0 spiro atoms. The molecular weight excluding hydrogens is 504 g/mol. The quantitative estimate of drug-likeness (QED) is 0.495. The van der Waals surface area contributed by atoms with Gasteiger partial charge in [-0.05, 0) is 74.0 Å². The van der Waals surface area contributed by atoms with Crippen molar-refractivity contribution >= 4 is 70.2 Å². The van der Waals surface area contributed by atoms with Crippen molar-refractivity contribution in [3.8, 4) is 5.69 Å². The van der Waals surface area contributed by atoms with Crippen LogP contribution in [0.25, 0.3) is 16.7 Å². The third-order valence-electron chi connectivity index (χ3n) is 3.94. The van der Waals surface area contributed by atoms with E-state index >= 15 is 0 Å². The highest BCUT2D eigenvalue weighted by Crippen LogP contribution is 2.49. The third-order valence-corrected chi connectivity index (χ3v) is 7.36.